The summed E-state index contributed by atoms with van der Waals surface area (Å²) in [4.78, 5) is 27.7. The largest absolute Gasteiger partial charge is 0.466 e. The molecule has 0 unspecified atom stereocenters. The summed E-state index contributed by atoms with van der Waals surface area (Å²) in [7, 11) is 0. The zero-order chi connectivity index (χ0) is 19.2. The van der Waals surface area contributed by atoms with Gasteiger partial charge in [-0.2, -0.15) is 0 Å². The molecule has 0 aliphatic rings. The number of thiazole rings is 1. The molecule has 138 valence electrons. The van der Waals surface area contributed by atoms with Crippen molar-refractivity contribution in [1.29, 1.82) is 0 Å². The van der Waals surface area contributed by atoms with Crippen LogP contribution in [0.15, 0.2) is 35.7 Å². The second kappa shape index (κ2) is 8.76. The number of esters is 1. The van der Waals surface area contributed by atoms with Gasteiger partial charge in [0.25, 0.3) is 0 Å². The van der Waals surface area contributed by atoms with Crippen molar-refractivity contribution in [3.05, 3.63) is 52.5 Å². The third-order valence-corrected chi connectivity index (χ3v) is 4.42. The van der Waals surface area contributed by atoms with E-state index >= 15 is 0 Å². The maximum atomic E-state index is 12.0. The molecule has 0 aliphatic carbocycles. The number of anilines is 1. The Morgan fingerprint density at radius 1 is 1.23 bits per heavy atom. The van der Waals surface area contributed by atoms with E-state index in [1.54, 1.807) is 18.4 Å². The van der Waals surface area contributed by atoms with Gasteiger partial charge in [-0.25, -0.2) is 4.98 Å². The lowest BCUT2D eigenvalue weighted by atomic mass is 9.87. The third kappa shape index (κ3) is 6.11. The molecule has 0 bridgehead atoms. The molecule has 6 heteroatoms. The van der Waals surface area contributed by atoms with E-state index in [2.05, 4.69) is 43.2 Å². The number of nitrogens with zero attached hydrogens (tertiary/aromatic N) is 1. The third-order valence-electron chi connectivity index (χ3n) is 3.62. The fraction of sp³-hybridized carbons (Fsp3) is 0.350. The number of carbonyl (C=O) groups excluding carboxylic acids is 2. The predicted octanol–water partition coefficient (Wildman–Crippen LogP) is 4.20. The fourth-order valence-electron chi connectivity index (χ4n) is 2.22. The average Bonchev–Trinajstić information content (AvgIpc) is 2.99. The highest BCUT2D eigenvalue weighted by Crippen LogP contribution is 2.22. The van der Waals surface area contributed by atoms with Crippen molar-refractivity contribution >= 4 is 34.4 Å². The molecular weight excluding hydrogens is 348 g/mol. The van der Waals surface area contributed by atoms with E-state index < -0.39 is 0 Å². The van der Waals surface area contributed by atoms with Gasteiger partial charge in [-0.05, 0) is 29.5 Å². The van der Waals surface area contributed by atoms with Crippen LogP contribution in [0.5, 0.6) is 0 Å². The molecule has 0 saturated carbocycles. The normalized spacial score (nSPS) is 11.5. The quantitative estimate of drug-likeness (QED) is 0.609. The van der Waals surface area contributed by atoms with Crippen LogP contribution in [-0.2, 0) is 26.2 Å². The van der Waals surface area contributed by atoms with Crippen LogP contribution in [0.1, 0.15) is 44.5 Å². The van der Waals surface area contributed by atoms with Gasteiger partial charge >= 0.3 is 5.97 Å². The lowest BCUT2D eigenvalue weighted by Gasteiger charge is -2.18. The van der Waals surface area contributed by atoms with E-state index in [0.29, 0.717) is 17.4 Å². The smallest absolute Gasteiger partial charge is 0.311 e. The van der Waals surface area contributed by atoms with Crippen LogP contribution in [-0.4, -0.2) is 23.5 Å². The lowest BCUT2D eigenvalue weighted by Crippen LogP contribution is -2.10. The van der Waals surface area contributed by atoms with E-state index in [0.717, 1.165) is 5.56 Å². The molecule has 2 rings (SSSR count). The van der Waals surface area contributed by atoms with Crippen molar-refractivity contribution in [3.8, 4) is 0 Å². The Hall–Kier alpha value is -2.47. The molecule has 1 aromatic carbocycles. The number of aromatic nitrogens is 1. The standard InChI is InChI=1S/C20H24N2O3S/c1-5-25-18(24)12-16-13-26-19(21-16)22-17(23)11-8-14-6-9-15(10-7-14)20(2,3)4/h6-11,13H,5,12H2,1-4H3,(H,21,22,23)/b11-8+. The minimum Gasteiger partial charge on any atom is -0.466 e. The summed E-state index contributed by atoms with van der Waals surface area (Å²) in [6.45, 7) is 8.59. The molecular formula is C20H24N2O3S. The molecule has 1 amide bonds. The molecule has 0 saturated heterocycles. The fourth-order valence-corrected chi connectivity index (χ4v) is 2.93. The molecule has 26 heavy (non-hydrogen) atoms. The highest BCUT2D eigenvalue weighted by atomic mass is 32.1. The first-order valence-corrected chi connectivity index (χ1v) is 9.35. The summed E-state index contributed by atoms with van der Waals surface area (Å²) in [5.41, 5.74) is 2.89. The number of benzene rings is 1. The van der Waals surface area contributed by atoms with Crippen LogP contribution in [0.2, 0.25) is 0 Å². The van der Waals surface area contributed by atoms with E-state index in [1.807, 2.05) is 12.1 Å². The van der Waals surface area contributed by atoms with E-state index in [1.165, 1.54) is 23.0 Å². The van der Waals surface area contributed by atoms with Crippen LogP contribution in [0.4, 0.5) is 5.13 Å². The van der Waals surface area contributed by atoms with Gasteiger partial charge < -0.3 is 4.74 Å². The van der Waals surface area contributed by atoms with Crippen molar-refractivity contribution in [2.75, 3.05) is 11.9 Å². The number of amides is 1. The molecule has 1 N–H and O–H groups in total. The predicted molar refractivity (Wildman–Crippen MR) is 105 cm³/mol. The van der Waals surface area contributed by atoms with Crippen molar-refractivity contribution < 1.29 is 14.3 Å². The zero-order valence-electron chi connectivity index (χ0n) is 15.5. The first kappa shape index (κ1) is 19.8. The van der Waals surface area contributed by atoms with Crippen molar-refractivity contribution in [2.45, 2.75) is 39.5 Å². The topological polar surface area (TPSA) is 68.3 Å². The zero-order valence-corrected chi connectivity index (χ0v) is 16.4. The number of nitrogens with one attached hydrogen (secondary N) is 1. The Bertz CT molecular complexity index is 786. The monoisotopic (exact) mass is 372 g/mol. The van der Waals surface area contributed by atoms with Crippen LogP contribution in [0.25, 0.3) is 6.08 Å². The van der Waals surface area contributed by atoms with Crippen LogP contribution in [0.3, 0.4) is 0 Å². The van der Waals surface area contributed by atoms with Crippen LogP contribution >= 0.6 is 11.3 Å². The van der Waals surface area contributed by atoms with Gasteiger partial charge in [-0.3, -0.25) is 14.9 Å². The van der Waals surface area contributed by atoms with Gasteiger partial charge in [0.15, 0.2) is 5.13 Å². The Morgan fingerprint density at radius 3 is 2.54 bits per heavy atom. The minimum absolute atomic E-state index is 0.103. The SMILES string of the molecule is CCOC(=O)Cc1csc(NC(=O)/C=C/c2ccc(C(C)(C)C)cc2)n1. The van der Waals surface area contributed by atoms with Crippen LogP contribution < -0.4 is 5.32 Å². The summed E-state index contributed by atoms with van der Waals surface area (Å²) >= 11 is 1.28. The Labute approximate surface area is 158 Å². The molecule has 0 spiro atoms. The molecule has 0 fully saturated rings. The number of carbonyl (C=O) groups is 2. The maximum absolute atomic E-state index is 12.0. The highest BCUT2D eigenvalue weighted by molar-refractivity contribution is 7.14. The summed E-state index contributed by atoms with van der Waals surface area (Å²) < 4.78 is 4.88. The molecule has 0 aliphatic heterocycles. The second-order valence-electron chi connectivity index (χ2n) is 6.82. The van der Waals surface area contributed by atoms with Crippen LogP contribution in [0, 0.1) is 0 Å². The summed E-state index contributed by atoms with van der Waals surface area (Å²) in [5, 5.41) is 4.90. The molecule has 1 heterocycles. The molecule has 2 aromatic rings. The number of hydrogen-bond donors (Lipinski definition) is 1. The minimum atomic E-state index is -0.325. The van der Waals surface area contributed by atoms with Crippen molar-refractivity contribution in [2.24, 2.45) is 0 Å². The van der Waals surface area contributed by atoms with Crippen molar-refractivity contribution in [1.82, 2.24) is 4.98 Å². The maximum Gasteiger partial charge on any atom is 0.311 e. The van der Waals surface area contributed by atoms with Crippen molar-refractivity contribution in [3.63, 3.8) is 0 Å². The average molecular weight is 372 g/mol. The lowest BCUT2D eigenvalue weighted by molar-refractivity contribution is -0.142. The Morgan fingerprint density at radius 2 is 1.92 bits per heavy atom. The van der Waals surface area contributed by atoms with Gasteiger partial charge in [0, 0.05) is 11.5 Å². The molecule has 0 atom stereocenters. The first-order valence-electron chi connectivity index (χ1n) is 8.47. The van der Waals surface area contributed by atoms with Gasteiger partial charge in [0.05, 0.1) is 18.7 Å². The first-order chi connectivity index (χ1) is 12.3. The second-order valence-corrected chi connectivity index (χ2v) is 7.68. The van der Waals surface area contributed by atoms with Gasteiger partial charge in [0.1, 0.15) is 0 Å². The number of rotatable bonds is 6. The van der Waals surface area contributed by atoms with Gasteiger partial charge in [-0.15, -0.1) is 11.3 Å². The van der Waals surface area contributed by atoms with Gasteiger partial charge in [0.2, 0.25) is 5.91 Å². The summed E-state index contributed by atoms with van der Waals surface area (Å²) in [6, 6.07) is 8.12. The van der Waals surface area contributed by atoms with E-state index in [-0.39, 0.29) is 23.7 Å². The summed E-state index contributed by atoms with van der Waals surface area (Å²) in [5.74, 6) is -0.587. The highest BCUT2D eigenvalue weighted by Gasteiger charge is 2.12. The Balaban J connectivity index is 1.91. The van der Waals surface area contributed by atoms with E-state index in [4.69, 9.17) is 4.74 Å². The molecule has 5 nitrogen and oxygen atoms in total. The Kier molecular flexibility index (Phi) is 6.69. The molecule has 0 radical (unpaired) electrons. The number of hydrogen-bond acceptors (Lipinski definition) is 5. The molecule has 1 aromatic heterocycles. The van der Waals surface area contributed by atoms with Gasteiger partial charge in [-0.1, -0.05) is 45.0 Å². The summed E-state index contributed by atoms with van der Waals surface area (Å²) in [6.07, 6.45) is 3.34. The van der Waals surface area contributed by atoms with E-state index in [9.17, 15) is 9.59 Å². The number of ether oxygens (including phenoxy) is 1.